The Morgan fingerprint density at radius 1 is 1.32 bits per heavy atom. The molecule has 1 aliphatic heterocycles. The normalized spacial score (nSPS) is 16.1. The molecule has 1 heterocycles. The maximum absolute atomic E-state index is 12.6. The summed E-state index contributed by atoms with van der Waals surface area (Å²) < 4.78 is 31.3. The number of piperidine rings is 1. The molecule has 140 valence electrons. The summed E-state index contributed by atoms with van der Waals surface area (Å²) in [7, 11) is -3.58. The number of rotatable bonds is 6. The van der Waals surface area contributed by atoms with E-state index in [1.807, 2.05) is 13.8 Å². The Labute approximate surface area is 150 Å². The predicted octanol–water partition coefficient (Wildman–Crippen LogP) is 2.50. The molecule has 1 aliphatic rings. The summed E-state index contributed by atoms with van der Waals surface area (Å²) in [5.74, 6) is 1.04. The van der Waals surface area contributed by atoms with Gasteiger partial charge in [-0.15, -0.1) is 0 Å². The van der Waals surface area contributed by atoms with E-state index in [1.165, 1.54) is 0 Å². The molecular weight excluding hydrogens is 340 g/mol. The first-order chi connectivity index (χ1) is 11.7. The zero-order chi connectivity index (χ0) is 18.6. The van der Waals surface area contributed by atoms with Crippen LogP contribution in [-0.2, 0) is 14.8 Å². The number of amides is 1. The van der Waals surface area contributed by atoms with Gasteiger partial charge in [-0.1, -0.05) is 13.0 Å². The van der Waals surface area contributed by atoms with Crippen molar-refractivity contribution < 1.29 is 17.9 Å². The van der Waals surface area contributed by atoms with E-state index in [0.717, 1.165) is 23.4 Å². The second kappa shape index (κ2) is 8.08. The van der Waals surface area contributed by atoms with Gasteiger partial charge in [0, 0.05) is 19.2 Å². The monoisotopic (exact) mass is 368 g/mol. The topological polar surface area (TPSA) is 66.9 Å². The fourth-order valence-electron chi connectivity index (χ4n) is 2.86. The molecule has 0 bridgehead atoms. The van der Waals surface area contributed by atoms with Crippen molar-refractivity contribution in [3.63, 3.8) is 0 Å². The Balaban J connectivity index is 2.18. The smallest absolute Gasteiger partial charge is 0.243 e. The van der Waals surface area contributed by atoms with Crippen molar-refractivity contribution in [2.45, 2.75) is 39.7 Å². The minimum Gasteiger partial charge on any atom is -0.491 e. The van der Waals surface area contributed by atoms with Crippen LogP contribution in [0.3, 0.4) is 0 Å². The Bertz CT molecular complexity index is 695. The lowest BCUT2D eigenvalue weighted by Gasteiger charge is -2.32. The van der Waals surface area contributed by atoms with Gasteiger partial charge in [-0.25, -0.2) is 8.42 Å². The molecular formula is C18H28N2O4S. The molecule has 0 atom stereocenters. The molecule has 1 saturated heterocycles. The number of hydrogen-bond acceptors (Lipinski definition) is 4. The highest BCUT2D eigenvalue weighted by molar-refractivity contribution is 7.92. The van der Waals surface area contributed by atoms with Crippen molar-refractivity contribution in [2.24, 2.45) is 5.92 Å². The Morgan fingerprint density at radius 3 is 2.52 bits per heavy atom. The maximum Gasteiger partial charge on any atom is 0.243 e. The Morgan fingerprint density at radius 2 is 1.96 bits per heavy atom. The number of carbonyl (C=O) groups is 1. The van der Waals surface area contributed by atoms with Crippen LogP contribution in [0.15, 0.2) is 24.3 Å². The molecule has 1 amide bonds. The number of likely N-dealkylation sites (tertiary alicyclic amines) is 1. The van der Waals surface area contributed by atoms with Gasteiger partial charge in [-0.05, 0) is 44.7 Å². The Hall–Kier alpha value is -1.76. The molecule has 0 N–H and O–H groups in total. The summed E-state index contributed by atoms with van der Waals surface area (Å²) in [4.78, 5) is 14.3. The van der Waals surface area contributed by atoms with Gasteiger partial charge < -0.3 is 9.64 Å². The van der Waals surface area contributed by atoms with Crippen LogP contribution in [0.2, 0.25) is 0 Å². The van der Waals surface area contributed by atoms with Crippen molar-refractivity contribution in [1.29, 1.82) is 0 Å². The zero-order valence-electron chi connectivity index (χ0n) is 15.4. The van der Waals surface area contributed by atoms with E-state index >= 15 is 0 Å². The molecule has 0 unspecified atom stereocenters. The second-order valence-corrected chi connectivity index (χ2v) is 8.90. The largest absolute Gasteiger partial charge is 0.491 e. The van der Waals surface area contributed by atoms with E-state index in [2.05, 4.69) is 6.92 Å². The van der Waals surface area contributed by atoms with E-state index in [-0.39, 0.29) is 18.6 Å². The third kappa shape index (κ3) is 5.63. The number of carbonyl (C=O) groups excluding carboxylic acids is 1. The summed E-state index contributed by atoms with van der Waals surface area (Å²) in [5.41, 5.74) is 0.444. The van der Waals surface area contributed by atoms with Crippen LogP contribution >= 0.6 is 0 Å². The van der Waals surface area contributed by atoms with Crippen molar-refractivity contribution in [2.75, 3.05) is 30.2 Å². The first kappa shape index (κ1) is 19.6. The molecule has 0 saturated carbocycles. The third-order valence-corrected chi connectivity index (χ3v) is 5.43. The summed E-state index contributed by atoms with van der Waals surface area (Å²) in [6.07, 6.45) is 3.03. The van der Waals surface area contributed by atoms with Gasteiger partial charge in [0.2, 0.25) is 15.9 Å². The molecule has 1 fully saturated rings. The lowest BCUT2D eigenvalue weighted by Crippen LogP contribution is -2.45. The summed E-state index contributed by atoms with van der Waals surface area (Å²) in [5, 5.41) is 0. The van der Waals surface area contributed by atoms with E-state index in [1.54, 1.807) is 29.2 Å². The fraction of sp³-hybridized carbons (Fsp3) is 0.611. The van der Waals surface area contributed by atoms with Crippen molar-refractivity contribution in [3.8, 4) is 5.75 Å². The minimum absolute atomic E-state index is 0.0149. The van der Waals surface area contributed by atoms with Crippen molar-refractivity contribution in [1.82, 2.24) is 4.90 Å². The van der Waals surface area contributed by atoms with Crippen LogP contribution < -0.4 is 9.04 Å². The number of ether oxygens (including phenoxy) is 1. The molecule has 1 aromatic carbocycles. The van der Waals surface area contributed by atoms with Crippen LogP contribution in [0, 0.1) is 5.92 Å². The molecule has 1 aromatic rings. The van der Waals surface area contributed by atoms with E-state index in [0.29, 0.717) is 30.4 Å². The molecule has 0 radical (unpaired) electrons. The first-order valence-electron chi connectivity index (χ1n) is 8.69. The molecule has 7 heteroatoms. The van der Waals surface area contributed by atoms with Gasteiger partial charge in [0.15, 0.2) is 0 Å². The summed E-state index contributed by atoms with van der Waals surface area (Å²) in [6.45, 7) is 7.18. The third-order valence-electron chi connectivity index (χ3n) is 4.29. The number of nitrogens with zero attached hydrogens (tertiary/aromatic N) is 2. The highest BCUT2D eigenvalue weighted by Gasteiger charge is 2.26. The minimum atomic E-state index is -3.58. The lowest BCUT2D eigenvalue weighted by atomic mass is 9.99. The van der Waals surface area contributed by atoms with Crippen LogP contribution in [0.1, 0.15) is 33.6 Å². The van der Waals surface area contributed by atoms with Crippen LogP contribution in [0.4, 0.5) is 5.69 Å². The van der Waals surface area contributed by atoms with Gasteiger partial charge >= 0.3 is 0 Å². The predicted molar refractivity (Wildman–Crippen MR) is 99.4 cm³/mol. The van der Waals surface area contributed by atoms with Gasteiger partial charge in [0.05, 0.1) is 18.0 Å². The number of hydrogen-bond donors (Lipinski definition) is 0. The Kier molecular flexibility index (Phi) is 6.32. The van der Waals surface area contributed by atoms with Crippen LogP contribution in [0.25, 0.3) is 0 Å². The zero-order valence-corrected chi connectivity index (χ0v) is 16.3. The highest BCUT2D eigenvalue weighted by atomic mass is 32.2. The number of benzene rings is 1. The lowest BCUT2D eigenvalue weighted by molar-refractivity contribution is -0.130. The van der Waals surface area contributed by atoms with Crippen LogP contribution in [0.5, 0.6) is 5.75 Å². The van der Waals surface area contributed by atoms with Gasteiger partial charge in [-0.2, -0.15) is 0 Å². The maximum atomic E-state index is 12.6. The second-order valence-electron chi connectivity index (χ2n) is 7.00. The average Bonchev–Trinajstić information content (AvgIpc) is 2.51. The standard InChI is InChI=1S/C18H28N2O4S/c1-14(2)24-17-7-5-6-16(12-17)20(25(4,22)23)13-18(21)19-10-8-15(3)9-11-19/h5-7,12,14-15H,8-11,13H2,1-4H3. The van der Waals surface area contributed by atoms with E-state index in [4.69, 9.17) is 4.74 Å². The SMILES string of the molecule is CC1CCN(C(=O)CN(c2cccc(OC(C)C)c2)S(C)(=O)=O)CC1. The van der Waals surface area contributed by atoms with Crippen molar-refractivity contribution in [3.05, 3.63) is 24.3 Å². The molecule has 6 nitrogen and oxygen atoms in total. The van der Waals surface area contributed by atoms with E-state index in [9.17, 15) is 13.2 Å². The van der Waals surface area contributed by atoms with Gasteiger partial charge in [0.25, 0.3) is 0 Å². The van der Waals surface area contributed by atoms with Crippen LogP contribution in [-0.4, -0.2) is 51.2 Å². The van der Waals surface area contributed by atoms with Crippen molar-refractivity contribution >= 4 is 21.6 Å². The molecule has 0 spiro atoms. The average molecular weight is 368 g/mol. The molecule has 0 aromatic heterocycles. The van der Waals surface area contributed by atoms with E-state index < -0.39 is 10.0 Å². The molecule has 0 aliphatic carbocycles. The van der Waals surface area contributed by atoms with Gasteiger partial charge in [-0.3, -0.25) is 9.10 Å². The molecule has 2 rings (SSSR count). The van der Waals surface area contributed by atoms with Gasteiger partial charge in [0.1, 0.15) is 12.3 Å². The summed E-state index contributed by atoms with van der Waals surface area (Å²) in [6, 6.07) is 6.85. The molecule has 25 heavy (non-hydrogen) atoms. The first-order valence-corrected chi connectivity index (χ1v) is 10.5. The quantitative estimate of drug-likeness (QED) is 0.774. The number of anilines is 1. The summed E-state index contributed by atoms with van der Waals surface area (Å²) >= 11 is 0. The fourth-order valence-corrected chi connectivity index (χ4v) is 3.71. The number of sulfonamides is 1. The highest BCUT2D eigenvalue weighted by Crippen LogP contribution is 2.24.